The molecular formula is C22H16ClN3O7S2. The van der Waals surface area contributed by atoms with E-state index in [-0.39, 0.29) is 44.4 Å². The second-order valence-electron chi connectivity index (χ2n) is 7.56. The second-order valence-corrected chi connectivity index (χ2v) is 11.2. The molecule has 180 valence electrons. The summed E-state index contributed by atoms with van der Waals surface area (Å²) in [6.07, 6.45) is 0. The molecule has 3 aromatic carbocycles. The number of hydrogen-bond donors (Lipinski definition) is 2. The Morgan fingerprint density at radius 3 is 2.46 bits per heavy atom. The quantitative estimate of drug-likeness (QED) is 0.398. The maximum absolute atomic E-state index is 13.2. The second kappa shape index (κ2) is 8.27. The summed E-state index contributed by atoms with van der Waals surface area (Å²) in [5.74, 6) is -0.367. The topological polar surface area (TPSA) is 149 Å². The number of ether oxygens (including phenoxy) is 1. The van der Waals surface area contributed by atoms with E-state index < -0.39 is 26.0 Å². The fourth-order valence-corrected chi connectivity index (χ4v) is 5.38. The zero-order valence-electron chi connectivity index (χ0n) is 17.6. The molecular weight excluding hydrogens is 518 g/mol. The Bertz CT molecular complexity index is 1680. The van der Waals surface area contributed by atoms with E-state index in [1.165, 1.54) is 42.5 Å². The van der Waals surface area contributed by atoms with Gasteiger partial charge in [-0.1, -0.05) is 29.8 Å². The Hall–Kier alpha value is -3.58. The number of furan rings is 1. The molecule has 13 heteroatoms. The fourth-order valence-electron chi connectivity index (χ4n) is 3.64. The SMILES string of the molecule is NS(=O)(=O)c1ccc2c(c1)N(c1ccc(Cl)cc1NS(=O)(=O)c1cc3ccccc3o1)C(=O)CO2. The number of rotatable bonds is 5. The summed E-state index contributed by atoms with van der Waals surface area (Å²) in [5.41, 5.74) is 0.502. The van der Waals surface area contributed by atoms with Gasteiger partial charge in [-0.25, -0.2) is 13.6 Å². The summed E-state index contributed by atoms with van der Waals surface area (Å²) in [5, 5.41) is 5.69. The molecule has 0 unspecified atom stereocenters. The first kappa shape index (κ1) is 23.2. The van der Waals surface area contributed by atoms with Gasteiger partial charge in [-0.3, -0.25) is 14.4 Å². The molecule has 1 aliphatic heterocycles. The van der Waals surface area contributed by atoms with Crippen molar-refractivity contribution in [2.24, 2.45) is 5.14 Å². The molecule has 1 amide bonds. The molecule has 3 N–H and O–H groups in total. The van der Waals surface area contributed by atoms with E-state index in [0.29, 0.717) is 11.0 Å². The molecule has 0 atom stereocenters. The number of amides is 1. The van der Waals surface area contributed by atoms with Gasteiger partial charge in [0.05, 0.1) is 22.0 Å². The Morgan fingerprint density at radius 1 is 0.943 bits per heavy atom. The third kappa shape index (κ3) is 4.32. The van der Waals surface area contributed by atoms with E-state index >= 15 is 0 Å². The van der Waals surface area contributed by atoms with Crippen LogP contribution in [0, 0.1) is 0 Å². The number of sulfonamides is 2. The minimum Gasteiger partial charge on any atom is -0.482 e. The van der Waals surface area contributed by atoms with Crippen LogP contribution in [0.2, 0.25) is 5.02 Å². The smallest absolute Gasteiger partial charge is 0.295 e. The molecule has 0 bridgehead atoms. The molecule has 1 aliphatic rings. The number of carbonyl (C=O) groups is 1. The normalized spacial score (nSPS) is 14.0. The van der Waals surface area contributed by atoms with Crippen molar-refractivity contribution in [1.29, 1.82) is 0 Å². The molecule has 0 saturated heterocycles. The van der Waals surface area contributed by atoms with Crippen molar-refractivity contribution in [2.75, 3.05) is 16.2 Å². The number of hydrogen-bond acceptors (Lipinski definition) is 7. The number of nitrogens with one attached hydrogen (secondary N) is 1. The number of para-hydroxylation sites is 1. The standard InChI is InChI=1S/C22H16ClN3O7S2/c23-14-5-7-17(26-18-11-15(34(24,28)29)6-8-20(18)32-12-21(26)27)16(10-14)25-35(30,31)22-9-13-3-1-2-4-19(13)33-22/h1-11,25H,12H2,(H2,24,28,29). The van der Waals surface area contributed by atoms with Crippen molar-refractivity contribution in [1.82, 2.24) is 0 Å². The van der Waals surface area contributed by atoms with Crippen molar-refractivity contribution in [2.45, 2.75) is 9.99 Å². The highest BCUT2D eigenvalue weighted by Crippen LogP contribution is 2.42. The number of nitrogens with zero attached hydrogens (tertiary/aromatic N) is 1. The minimum atomic E-state index is -4.24. The zero-order chi connectivity index (χ0) is 25.0. The van der Waals surface area contributed by atoms with Crippen molar-refractivity contribution < 1.29 is 30.8 Å². The van der Waals surface area contributed by atoms with E-state index in [9.17, 15) is 21.6 Å². The molecule has 2 heterocycles. The summed E-state index contributed by atoms with van der Waals surface area (Å²) < 4.78 is 63.4. The van der Waals surface area contributed by atoms with Crippen LogP contribution >= 0.6 is 11.6 Å². The van der Waals surface area contributed by atoms with E-state index in [1.54, 1.807) is 24.3 Å². The van der Waals surface area contributed by atoms with Gasteiger partial charge in [-0.15, -0.1) is 0 Å². The van der Waals surface area contributed by atoms with E-state index in [1.807, 2.05) is 0 Å². The lowest BCUT2D eigenvalue weighted by molar-refractivity contribution is -0.120. The number of primary sulfonamides is 1. The summed E-state index contributed by atoms with van der Waals surface area (Å²) in [7, 11) is -8.33. The fraction of sp³-hybridized carbons (Fsp3) is 0.0455. The van der Waals surface area contributed by atoms with Crippen LogP contribution in [0.15, 0.2) is 81.1 Å². The number of fused-ring (bicyclic) bond motifs is 2. The van der Waals surface area contributed by atoms with Gasteiger partial charge in [0.25, 0.3) is 15.9 Å². The number of nitrogens with two attached hydrogens (primary N) is 1. The van der Waals surface area contributed by atoms with Crippen LogP contribution in [0.3, 0.4) is 0 Å². The molecule has 1 aromatic heterocycles. The first-order valence-electron chi connectivity index (χ1n) is 9.96. The molecule has 5 rings (SSSR count). The number of carbonyl (C=O) groups excluding carboxylic acids is 1. The number of anilines is 3. The van der Waals surface area contributed by atoms with Crippen LogP contribution in [0.25, 0.3) is 11.0 Å². The van der Waals surface area contributed by atoms with Gasteiger partial charge in [-0.05, 0) is 42.5 Å². The molecule has 0 fully saturated rings. The lowest BCUT2D eigenvalue weighted by Gasteiger charge is -2.31. The molecule has 0 radical (unpaired) electrons. The maximum Gasteiger partial charge on any atom is 0.295 e. The van der Waals surface area contributed by atoms with Gasteiger partial charge in [0.15, 0.2) is 6.61 Å². The van der Waals surface area contributed by atoms with E-state index in [2.05, 4.69) is 4.72 Å². The largest absolute Gasteiger partial charge is 0.482 e. The summed E-state index contributed by atoms with van der Waals surface area (Å²) in [4.78, 5) is 13.8. The van der Waals surface area contributed by atoms with Gasteiger partial charge in [0, 0.05) is 16.5 Å². The highest BCUT2D eigenvalue weighted by Gasteiger charge is 2.31. The Morgan fingerprint density at radius 2 is 1.71 bits per heavy atom. The Balaban J connectivity index is 1.62. The third-order valence-corrected chi connectivity index (χ3v) is 7.58. The van der Waals surface area contributed by atoms with Gasteiger partial charge >= 0.3 is 0 Å². The molecule has 4 aromatic rings. The van der Waals surface area contributed by atoms with Crippen molar-refractivity contribution in [3.05, 3.63) is 71.8 Å². The van der Waals surface area contributed by atoms with Gasteiger partial charge in [0.1, 0.15) is 11.3 Å². The lowest BCUT2D eigenvalue weighted by Crippen LogP contribution is -2.36. The first-order valence-corrected chi connectivity index (χ1v) is 13.4. The molecule has 0 saturated carbocycles. The maximum atomic E-state index is 13.2. The molecule has 0 aliphatic carbocycles. The van der Waals surface area contributed by atoms with Gasteiger partial charge < -0.3 is 9.15 Å². The highest BCUT2D eigenvalue weighted by molar-refractivity contribution is 7.92. The van der Waals surface area contributed by atoms with Crippen LogP contribution in [0.5, 0.6) is 5.75 Å². The van der Waals surface area contributed by atoms with E-state index in [0.717, 1.165) is 4.90 Å². The number of halogens is 1. The van der Waals surface area contributed by atoms with Crippen LogP contribution in [-0.4, -0.2) is 29.3 Å². The monoisotopic (exact) mass is 533 g/mol. The first-order chi connectivity index (χ1) is 16.5. The zero-order valence-corrected chi connectivity index (χ0v) is 20.0. The average molecular weight is 534 g/mol. The average Bonchev–Trinajstić information content (AvgIpc) is 3.24. The third-order valence-electron chi connectivity index (χ3n) is 5.21. The van der Waals surface area contributed by atoms with Crippen molar-refractivity contribution >= 4 is 65.6 Å². The van der Waals surface area contributed by atoms with E-state index in [4.69, 9.17) is 25.9 Å². The minimum absolute atomic E-state index is 0.0415. The van der Waals surface area contributed by atoms with Gasteiger partial charge in [-0.2, -0.15) is 8.42 Å². The van der Waals surface area contributed by atoms with Crippen molar-refractivity contribution in [3.63, 3.8) is 0 Å². The lowest BCUT2D eigenvalue weighted by atomic mass is 10.1. The predicted molar refractivity (Wildman–Crippen MR) is 129 cm³/mol. The Labute approximate surface area is 204 Å². The van der Waals surface area contributed by atoms with Crippen molar-refractivity contribution in [3.8, 4) is 5.75 Å². The molecule has 35 heavy (non-hydrogen) atoms. The van der Waals surface area contributed by atoms with Crippen LogP contribution < -0.4 is 19.5 Å². The molecule has 10 nitrogen and oxygen atoms in total. The van der Waals surface area contributed by atoms with Crippen LogP contribution in [-0.2, 0) is 24.8 Å². The Kier molecular flexibility index (Phi) is 5.48. The predicted octanol–water partition coefficient (Wildman–Crippen LogP) is 3.59. The van der Waals surface area contributed by atoms with Crippen LogP contribution in [0.4, 0.5) is 17.1 Å². The highest BCUT2D eigenvalue weighted by atomic mass is 35.5. The summed E-state index contributed by atoms with van der Waals surface area (Å²) in [6.45, 7) is -0.361. The van der Waals surface area contributed by atoms with Crippen LogP contribution in [0.1, 0.15) is 0 Å². The molecule has 0 spiro atoms. The summed E-state index contributed by atoms with van der Waals surface area (Å²) in [6, 6.07) is 16.2. The van der Waals surface area contributed by atoms with Gasteiger partial charge in [0.2, 0.25) is 15.1 Å². The number of benzene rings is 3. The summed E-state index contributed by atoms with van der Waals surface area (Å²) >= 11 is 6.13.